The Kier molecular flexibility index (Phi) is 3.96. The fraction of sp³-hybridized carbons (Fsp3) is 0.385. The SMILES string of the molecule is Cc1nccn1CCCn1cccc(C(F)(F)F)c1=O. The van der Waals surface area contributed by atoms with E-state index in [1.165, 1.54) is 12.3 Å². The molecule has 108 valence electrons. The van der Waals surface area contributed by atoms with Gasteiger partial charge in [-0.2, -0.15) is 13.2 Å². The molecule has 0 radical (unpaired) electrons. The van der Waals surface area contributed by atoms with Crippen LogP contribution in [-0.2, 0) is 19.3 Å². The van der Waals surface area contributed by atoms with Gasteiger partial charge in [0.2, 0.25) is 0 Å². The van der Waals surface area contributed by atoms with E-state index in [-0.39, 0.29) is 6.54 Å². The molecule has 0 spiro atoms. The fourth-order valence-corrected chi connectivity index (χ4v) is 1.98. The van der Waals surface area contributed by atoms with E-state index in [2.05, 4.69) is 4.98 Å². The highest BCUT2D eigenvalue weighted by atomic mass is 19.4. The third kappa shape index (κ3) is 3.09. The predicted molar refractivity (Wildman–Crippen MR) is 67.3 cm³/mol. The molecule has 7 heteroatoms. The minimum Gasteiger partial charge on any atom is -0.335 e. The second-order valence-corrected chi connectivity index (χ2v) is 4.44. The zero-order valence-corrected chi connectivity index (χ0v) is 10.9. The molecule has 0 aliphatic rings. The smallest absolute Gasteiger partial charge is 0.335 e. The third-order valence-corrected chi connectivity index (χ3v) is 3.05. The molecule has 20 heavy (non-hydrogen) atoms. The lowest BCUT2D eigenvalue weighted by molar-refractivity contribution is -0.139. The van der Waals surface area contributed by atoms with E-state index in [1.54, 1.807) is 12.4 Å². The van der Waals surface area contributed by atoms with Gasteiger partial charge in [-0.1, -0.05) is 0 Å². The molecular weight excluding hydrogens is 271 g/mol. The molecule has 2 aromatic heterocycles. The Labute approximate surface area is 113 Å². The number of hydrogen-bond acceptors (Lipinski definition) is 2. The van der Waals surface area contributed by atoms with E-state index in [0.717, 1.165) is 16.5 Å². The number of hydrogen-bond donors (Lipinski definition) is 0. The van der Waals surface area contributed by atoms with E-state index in [0.29, 0.717) is 13.0 Å². The highest BCUT2D eigenvalue weighted by Gasteiger charge is 2.34. The van der Waals surface area contributed by atoms with Crippen molar-refractivity contribution >= 4 is 0 Å². The maximum absolute atomic E-state index is 12.6. The van der Waals surface area contributed by atoms with E-state index < -0.39 is 17.3 Å². The molecule has 0 saturated heterocycles. The standard InChI is InChI=1S/C13H14F3N3O/c1-10-17-5-9-18(10)7-3-8-19-6-2-4-11(12(19)20)13(14,15)16/h2,4-6,9H,3,7-8H2,1H3. The van der Waals surface area contributed by atoms with Crippen molar-refractivity contribution in [3.63, 3.8) is 0 Å². The first-order valence-corrected chi connectivity index (χ1v) is 6.14. The second kappa shape index (κ2) is 5.52. The van der Waals surface area contributed by atoms with Gasteiger partial charge in [-0.15, -0.1) is 0 Å². The van der Waals surface area contributed by atoms with Gasteiger partial charge in [0.15, 0.2) is 0 Å². The summed E-state index contributed by atoms with van der Waals surface area (Å²) < 4.78 is 40.8. The minimum atomic E-state index is -4.61. The van der Waals surface area contributed by atoms with Crippen molar-refractivity contribution in [2.45, 2.75) is 32.6 Å². The Morgan fingerprint density at radius 2 is 1.90 bits per heavy atom. The van der Waals surface area contributed by atoms with Crippen LogP contribution in [0.15, 0.2) is 35.5 Å². The average molecular weight is 285 g/mol. The van der Waals surface area contributed by atoms with Crippen LogP contribution >= 0.6 is 0 Å². The van der Waals surface area contributed by atoms with Crippen LogP contribution in [0.4, 0.5) is 13.2 Å². The van der Waals surface area contributed by atoms with Gasteiger partial charge in [-0.25, -0.2) is 4.98 Å². The molecule has 2 heterocycles. The molecule has 0 aromatic carbocycles. The average Bonchev–Trinajstić information content (AvgIpc) is 2.76. The summed E-state index contributed by atoms with van der Waals surface area (Å²) >= 11 is 0. The summed E-state index contributed by atoms with van der Waals surface area (Å²) in [6.07, 6.45) is 0.772. The molecule has 0 unspecified atom stereocenters. The van der Waals surface area contributed by atoms with Crippen molar-refractivity contribution in [1.29, 1.82) is 0 Å². The molecule has 0 atom stereocenters. The molecule has 0 amide bonds. The van der Waals surface area contributed by atoms with Crippen LogP contribution in [0, 0.1) is 6.92 Å². The summed E-state index contributed by atoms with van der Waals surface area (Å²) in [6, 6.07) is 2.05. The minimum absolute atomic E-state index is 0.236. The Hall–Kier alpha value is -2.05. The number of aromatic nitrogens is 3. The van der Waals surface area contributed by atoms with Crippen LogP contribution in [0.3, 0.4) is 0 Å². The van der Waals surface area contributed by atoms with Gasteiger partial charge >= 0.3 is 6.18 Å². The quantitative estimate of drug-likeness (QED) is 0.865. The largest absolute Gasteiger partial charge is 0.421 e. The number of halogens is 3. The monoisotopic (exact) mass is 285 g/mol. The number of imidazole rings is 1. The number of pyridine rings is 1. The Balaban J connectivity index is 2.07. The second-order valence-electron chi connectivity index (χ2n) is 4.44. The summed E-state index contributed by atoms with van der Waals surface area (Å²) in [5.74, 6) is 0.835. The summed E-state index contributed by atoms with van der Waals surface area (Å²) in [7, 11) is 0. The van der Waals surface area contributed by atoms with Crippen LogP contribution in [-0.4, -0.2) is 14.1 Å². The molecule has 2 aromatic rings. The normalized spacial score (nSPS) is 11.8. The zero-order valence-electron chi connectivity index (χ0n) is 10.9. The molecule has 0 N–H and O–H groups in total. The number of aryl methyl sites for hydroxylation is 3. The highest BCUT2D eigenvalue weighted by Crippen LogP contribution is 2.25. The first-order valence-electron chi connectivity index (χ1n) is 6.14. The topological polar surface area (TPSA) is 39.8 Å². The van der Waals surface area contributed by atoms with Gasteiger partial charge in [0, 0.05) is 31.7 Å². The van der Waals surface area contributed by atoms with Crippen molar-refractivity contribution in [1.82, 2.24) is 14.1 Å². The van der Waals surface area contributed by atoms with Crippen molar-refractivity contribution in [2.24, 2.45) is 0 Å². The van der Waals surface area contributed by atoms with E-state index in [1.807, 2.05) is 11.5 Å². The van der Waals surface area contributed by atoms with Gasteiger partial charge in [0.1, 0.15) is 11.4 Å². The lowest BCUT2D eigenvalue weighted by Gasteiger charge is -2.10. The summed E-state index contributed by atoms with van der Waals surface area (Å²) in [5.41, 5.74) is -2.12. The lowest BCUT2D eigenvalue weighted by atomic mass is 10.2. The van der Waals surface area contributed by atoms with Crippen LogP contribution in [0.25, 0.3) is 0 Å². The number of rotatable bonds is 4. The molecule has 0 bridgehead atoms. The van der Waals surface area contributed by atoms with Crippen molar-refractivity contribution < 1.29 is 13.2 Å². The van der Waals surface area contributed by atoms with Crippen molar-refractivity contribution in [2.75, 3.05) is 0 Å². The first-order chi connectivity index (χ1) is 9.39. The van der Waals surface area contributed by atoms with Crippen LogP contribution in [0.5, 0.6) is 0 Å². The van der Waals surface area contributed by atoms with Crippen molar-refractivity contribution in [3.05, 3.63) is 52.5 Å². The molecular formula is C13H14F3N3O. The first kappa shape index (κ1) is 14.4. The van der Waals surface area contributed by atoms with Crippen molar-refractivity contribution in [3.8, 4) is 0 Å². The van der Waals surface area contributed by atoms with E-state index in [9.17, 15) is 18.0 Å². The number of alkyl halides is 3. The van der Waals surface area contributed by atoms with Crippen LogP contribution in [0.2, 0.25) is 0 Å². The van der Waals surface area contributed by atoms with Gasteiger partial charge < -0.3 is 9.13 Å². The Morgan fingerprint density at radius 3 is 2.50 bits per heavy atom. The van der Waals surface area contributed by atoms with Gasteiger partial charge in [0.05, 0.1) is 0 Å². The van der Waals surface area contributed by atoms with E-state index >= 15 is 0 Å². The summed E-state index contributed by atoms with van der Waals surface area (Å²) in [5, 5.41) is 0. The molecule has 0 aliphatic heterocycles. The van der Waals surface area contributed by atoms with E-state index in [4.69, 9.17) is 0 Å². The molecule has 0 fully saturated rings. The lowest BCUT2D eigenvalue weighted by Crippen LogP contribution is -2.28. The van der Waals surface area contributed by atoms with Crippen LogP contribution < -0.4 is 5.56 Å². The predicted octanol–water partition coefficient (Wildman–Crippen LogP) is 2.46. The maximum atomic E-state index is 12.6. The summed E-state index contributed by atoms with van der Waals surface area (Å²) in [4.78, 5) is 15.8. The van der Waals surface area contributed by atoms with Gasteiger partial charge in [0.25, 0.3) is 5.56 Å². The molecule has 4 nitrogen and oxygen atoms in total. The third-order valence-electron chi connectivity index (χ3n) is 3.05. The molecule has 2 rings (SSSR count). The van der Waals surface area contributed by atoms with Gasteiger partial charge in [-0.05, 0) is 25.5 Å². The Morgan fingerprint density at radius 1 is 1.20 bits per heavy atom. The summed E-state index contributed by atoms with van der Waals surface area (Å²) in [6.45, 7) is 2.69. The fourth-order valence-electron chi connectivity index (χ4n) is 1.98. The van der Waals surface area contributed by atoms with Crippen LogP contribution in [0.1, 0.15) is 17.8 Å². The number of nitrogens with zero attached hydrogens (tertiary/aromatic N) is 3. The molecule has 0 aliphatic carbocycles. The molecule has 0 saturated carbocycles. The Bertz CT molecular complexity index is 643. The maximum Gasteiger partial charge on any atom is 0.421 e. The van der Waals surface area contributed by atoms with Gasteiger partial charge in [-0.3, -0.25) is 4.79 Å². The highest BCUT2D eigenvalue weighted by molar-refractivity contribution is 5.13. The zero-order chi connectivity index (χ0) is 14.8.